The summed E-state index contributed by atoms with van der Waals surface area (Å²) in [7, 11) is 0. The van der Waals surface area contributed by atoms with Crippen LogP contribution in [0, 0.1) is 0 Å². The third-order valence-electron chi connectivity index (χ3n) is 5.26. The lowest BCUT2D eigenvalue weighted by molar-refractivity contribution is 0.0953. The molecule has 1 amide bonds. The maximum Gasteiger partial charge on any atom is 0.254 e. The zero-order valence-corrected chi connectivity index (χ0v) is 16.3. The predicted molar refractivity (Wildman–Crippen MR) is 113 cm³/mol. The van der Waals surface area contributed by atoms with Crippen LogP contribution in [0.25, 0.3) is 15.8 Å². The van der Waals surface area contributed by atoms with Crippen LogP contribution in [-0.2, 0) is 6.42 Å². The van der Waals surface area contributed by atoms with E-state index in [0.717, 1.165) is 30.6 Å². The van der Waals surface area contributed by atoms with Crippen molar-refractivity contribution in [3.63, 3.8) is 0 Å². The summed E-state index contributed by atoms with van der Waals surface area (Å²) in [6.45, 7) is 0.625. The first kappa shape index (κ1) is 17.2. The van der Waals surface area contributed by atoms with E-state index in [2.05, 4.69) is 40.1 Å². The summed E-state index contributed by atoms with van der Waals surface area (Å²) in [6, 6.07) is 18.5. The average molecular weight is 388 g/mol. The molecule has 2 heterocycles. The van der Waals surface area contributed by atoms with E-state index in [0.29, 0.717) is 18.0 Å². The molecule has 0 atom stereocenters. The molecule has 0 radical (unpaired) electrons. The highest BCUT2D eigenvalue weighted by Gasteiger charge is 2.32. The van der Waals surface area contributed by atoms with Gasteiger partial charge in [0, 0.05) is 17.2 Å². The zero-order valence-electron chi connectivity index (χ0n) is 15.5. The lowest BCUT2D eigenvalue weighted by Gasteiger charge is -2.09. The minimum absolute atomic E-state index is 0.0244. The molecular weight excluding hydrogens is 366 g/mol. The fraction of sp³-hybridized carbons (Fsp3) is 0.217. The highest BCUT2D eigenvalue weighted by atomic mass is 32.1. The molecule has 1 fully saturated rings. The number of para-hydroxylation sites is 1. The number of thiophene rings is 1. The number of benzene rings is 2. The Hall–Kier alpha value is -2.92. The number of carbonyl (C=O) groups excluding carboxylic acids is 1. The van der Waals surface area contributed by atoms with Crippen LogP contribution in [0.3, 0.4) is 0 Å². The Morgan fingerprint density at radius 3 is 2.71 bits per heavy atom. The van der Waals surface area contributed by atoms with Crippen LogP contribution >= 0.6 is 11.3 Å². The number of fused-ring (bicyclic) bond motifs is 1. The first-order valence-corrected chi connectivity index (χ1v) is 10.6. The molecule has 4 aromatic rings. The minimum Gasteiger partial charge on any atom is -0.352 e. The van der Waals surface area contributed by atoms with Crippen molar-refractivity contribution in [2.45, 2.75) is 25.2 Å². The lowest BCUT2D eigenvalue weighted by Crippen LogP contribution is -2.26. The first-order chi connectivity index (χ1) is 13.8. The molecule has 5 heteroatoms. The van der Waals surface area contributed by atoms with Crippen LogP contribution in [0.15, 0.2) is 66.2 Å². The van der Waals surface area contributed by atoms with Gasteiger partial charge in [0.25, 0.3) is 5.91 Å². The van der Waals surface area contributed by atoms with E-state index in [9.17, 15) is 4.79 Å². The molecule has 0 spiro atoms. The van der Waals surface area contributed by atoms with Crippen molar-refractivity contribution in [2.75, 3.05) is 6.54 Å². The van der Waals surface area contributed by atoms with Gasteiger partial charge < -0.3 is 5.32 Å². The van der Waals surface area contributed by atoms with E-state index in [1.165, 1.54) is 15.6 Å². The van der Waals surface area contributed by atoms with Gasteiger partial charge in [-0.1, -0.05) is 36.4 Å². The van der Waals surface area contributed by atoms with Gasteiger partial charge in [0.05, 0.1) is 23.1 Å². The van der Waals surface area contributed by atoms with Gasteiger partial charge in [-0.15, -0.1) is 11.3 Å². The lowest BCUT2D eigenvalue weighted by atomic mass is 10.1. The Bertz CT molecular complexity index is 1130. The molecule has 1 N–H and O–H groups in total. The number of nitrogens with one attached hydrogen (secondary N) is 1. The Morgan fingerprint density at radius 2 is 1.89 bits per heavy atom. The van der Waals surface area contributed by atoms with Gasteiger partial charge in [0.2, 0.25) is 0 Å². The molecule has 28 heavy (non-hydrogen) atoms. The molecule has 0 unspecified atom stereocenters. The third-order valence-corrected chi connectivity index (χ3v) is 6.27. The number of aromatic nitrogens is 2. The second-order valence-electron chi connectivity index (χ2n) is 7.23. The topological polar surface area (TPSA) is 46.9 Å². The largest absolute Gasteiger partial charge is 0.352 e. The molecule has 1 saturated carbocycles. The van der Waals surface area contributed by atoms with Gasteiger partial charge in [0.15, 0.2) is 0 Å². The summed E-state index contributed by atoms with van der Waals surface area (Å²) in [6.07, 6.45) is 4.80. The molecule has 0 saturated heterocycles. The smallest absolute Gasteiger partial charge is 0.254 e. The number of hydrogen-bond acceptors (Lipinski definition) is 3. The molecule has 2 aromatic carbocycles. The van der Waals surface area contributed by atoms with Gasteiger partial charge in [-0.3, -0.25) is 4.79 Å². The maximum atomic E-state index is 12.9. The van der Waals surface area contributed by atoms with Crippen LogP contribution in [0.4, 0.5) is 0 Å². The zero-order chi connectivity index (χ0) is 18.9. The molecule has 5 rings (SSSR count). The van der Waals surface area contributed by atoms with Crippen molar-refractivity contribution in [3.8, 4) is 5.69 Å². The van der Waals surface area contributed by atoms with Gasteiger partial charge in [-0.2, -0.15) is 5.10 Å². The monoisotopic (exact) mass is 387 g/mol. The maximum absolute atomic E-state index is 12.9. The number of amides is 1. The molecule has 0 bridgehead atoms. The fourth-order valence-electron chi connectivity index (χ4n) is 3.69. The summed E-state index contributed by atoms with van der Waals surface area (Å²) in [4.78, 5) is 12.9. The Morgan fingerprint density at radius 1 is 1.11 bits per heavy atom. The Balaban J connectivity index is 1.32. The van der Waals surface area contributed by atoms with Gasteiger partial charge in [-0.05, 0) is 53.8 Å². The number of carbonyl (C=O) groups is 1. The molecular formula is C23H21N3OS. The van der Waals surface area contributed by atoms with E-state index in [1.54, 1.807) is 17.5 Å². The standard InChI is InChI=1S/C23H21N3OS/c27-23(24-13-12-17-15-28-21-9-5-4-8-19(17)21)20-14-25-26(22(20)16-10-11-16)18-6-2-1-3-7-18/h1-9,14-16H,10-13H2,(H,24,27). The Labute approximate surface area is 167 Å². The average Bonchev–Trinajstić information content (AvgIpc) is 3.34. The second kappa shape index (κ2) is 7.24. The number of rotatable bonds is 6. The van der Waals surface area contributed by atoms with Gasteiger partial charge in [-0.25, -0.2) is 4.68 Å². The normalized spacial score (nSPS) is 13.7. The van der Waals surface area contributed by atoms with Gasteiger partial charge in [0.1, 0.15) is 0 Å². The molecule has 2 aromatic heterocycles. The van der Waals surface area contributed by atoms with E-state index in [4.69, 9.17) is 0 Å². The minimum atomic E-state index is -0.0244. The Kier molecular flexibility index (Phi) is 4.45. The van der Waals surface area contributed by atoms with Crippen molar-refractivity contribution in [2.24, 2.45) is 0 Å². The van der Waals surface area contributed by atoms with E-state index in [-0.39, 0.29) is 5.91 Å². The van der Waals surface area contributed by atoms with Crippen LogP contribution in [0.5, 0.6) is 0 Å². The van der Waals surface area contributed by atoms with E-state index in [1.807, 2.05) is 35.0 Å². The SMILES string of the molecule is O=C(NCCc1csc2ccccc12)c1cnn(-c2ccccc2)c1C1CC1. The highest BCUT2D eigenvalue weighted by molar-refractivity contribution is 7.17. The molecule has 0 aliphatic heterocycles. The number of hydrogen-bond donors (Lipinski definition) is 1. The van der Waals surface area contributed by atoms with Crippen LogP contribution in [0.1, 0.15) is 40.4 Å². The third kappa shape index (κ3) is 3.22. The van der Waals surface area contributed by atoms with Crippen molar-refractivity contribution in [1.29, 1.82) is 0 Å². The second-order valence-corrected chi connectivity index (χ2v) is 8.14. The summed E-state index contributed by atoms with van der Waals surface area (Å²) < 4.78 is 3.22. The molecule has 140 valence electrons. The van der Waals surface area contributed by atoms with Crippen molar-refractivity contribution in [3.05, 3.63) is 83.0 Å². The number of nitrogens with zero attached hydrogens (tertiary/aromatic N) is 2. The summed E-state index contributed by atoms with van der Waals surface area (Å²) in [5.41, 5.74) is 4.06. The summed E-state index contributed by atoms with van der Waals surface area (Å²) in [5, 5.41) is 11.1. The van der Waals surface area contributed by atoms with Crippen LogP contribution < -0.4 is 5.32 Å². The molecule has 1 aliphatic rings. The fourth-order valence-corrected chi connectivity index (χ4v) is 4.69. The first-order valence-electron chi connectivity index (χ1n) is 9.68. The summed E-state index contributed by atoms with van der Waals surface area (Å²) >= 11 is 1.76. The van der Waals surface area contributed by atoms with E-state index < -0.39 is 0 Å². The quantitative estimate of drug-likeness (QED) is 0.509. The van der Waals surface area contributed by atoms with Crippen molar-refractivity contribution in [1.82, 2.24) is 15.1 Å². The summed E-state index contributed by atoms with van der Waals surface area (Å²) in [5.74, 6) is 0.410. The molecule has 1 aliphatic carbocycles. The van der Waals surface area contributed by atoms with Crippen molar-refractivity contribution < 1.29 is 4.79 Å². The predicted octanol–water partition coefficient (Wildman–Crippen LogP) is 4.94. The van der Waals surface area contributed by atoms with Crippen LogP contribution in [-0.4, -0.2) is 22.2 Å². The van der Waals surface area contributed by atoms with E-state index >= 15 is 0 Å². The van der Waals surface area contributed by atoms with Crippen LogP contribution in [0.2, 0.25) is 0 Å². The molecule has 4 nitrogen and oxygen atoms in total. The van der Waals surface area contributed by atoms with Crippen molar-refractivity contribution >= 4 is 27.3 Å². The van der Waals surface area contributed by atoms with Gasteiger partial charge >= 0.3 is 0 Å². The highest BCUT2D eigenvalue weighted by Crippen LogP contribution is 2.42.